The Morgan fingerprint density at radius 3 is 2.59 bits per heavy atom. The molecule has 1 aromatic heterocycles. The van der Waals surface area contributed by atoms with Crippen LogP contribution in [-0.4, -0.2) is 38.3 Å². The number of hydrogen-bond acceptors (Lipinski definition) is 4. The highest BCUT2D eigenvalue weighted by atomic mass is 35.5. The summed E-state index contributed by atoms with van der Waals surface area (Å²) in [6.07, 6.45) is 3.27. The van der Waals surface area contributed by atoms with Gasteiger partial charge in [0.05, 0.1) is 11.1 Å². The van der Waals surface area contributed by atoms with Gasteiger partial charge < -0.3 is 5.32 Å². The molecule has 0 amide bonds. The van der Waals surface area contributed by atoms with Gasteiger partial charge in [0, 0.05) is 19.3 Å². The predicted octanol–water partition coefficient (Wildman–Crippen LogP) is 1.24. The van der Waals surface area contributed by atoms with Crippen LogP contribution in [-0.2, 0) is 10.0 Å². The second-order valence-corrected chi connectivity index (χ2v) is 6.34. The summed E-state index contributed by atoms with van der Waals surface area (Å²) in [5.74, 6) is -0.644. The number of sulfonamides is 1. The summed E-state index contributed by atoms with van der Waals surface area (Å²) in [5, 5.41) is 6.83. The zero-order valence-corrected chi connectivity index (χ0v) is 13.8. The second kappa shape index (κ2) is 7.68. The van der Waals surface area contributed by atoms with Gasteiger partial charge in [0.15, 0.2) is 0 Å². The fraction of sp³-hybridized carbons (Fsp3) is 0.308. The van der Waals surface area contributed by atoms with Gasteiger partial charge >= 0.3 is 0 Å². The first-order valence-corrected chi connectivity index (χ1v) is 7.88. The van der Waals surface area contributed by atoms with Crippen LogP contribution in [0.1, 0.15) is 5.56 Å². The Morgan fingerprint density at radius 1 is 1.32 bits per heavy atom. The molecule has 1 aromatic carbocycles. The number of benzene rings is 1. The van der Waals surface area contributed by atoms with Gasteiger partial charge in [0.2, 0.25) is 10.0 Å². The van der Waals surface area contributed by atoms with Crippen molar-refractivity contribution in [2.75, 3.05) is 20.1 Å². The fourth-order valence-electron chi connectivity index (χ4n) is 1.78. The summed E-state index contributed by atoms with van der Waals surface area (Å²) in [6, 6.07) is 3.75. The molecule has 0 saturated carbocycles. The summed E-state index contributed by atoms with van der Waals surface area (Å²) >= 11 is 0. The van der Waals surface area contributed by atoms with Crippen molar-refractivity contribution in [1.82, 2.24) is 19.8 Å². The lowest BCUT2D eigenvalue weighted by atomic mass is 10.3. The highest BCUT2D eigenvalue weighted by molar-refractivity contribution is 7.89. The highest BCUT2D eigenvalue weighted by Gasteiger charge is 2.16. The van der Waals surface area contributed by atoms with Gasteiger partial charge in [-0.05, 0) is 37.7 Å². The molecule has 0 aliphatic rings. The Balaban J connectivity index is 0.00000242. The molecule has 0 aliphatic heterocycles. The van der Waals surface area contributed by atoms with E-state index < -0.39 is 15.8 Å². The smallest absolute Gasteiger partial charge is 0.240 e. The average molecular weight is 349 g/mol. The minimum atomic E-state index is -3.71. The summed E-state index contributed by atoms with van der Waals surface area (Å²) in [7, 11) is -1.99. The van der Waals surface area contributed by atoms with E-state index >= 15 is 0 Å². The van der Waals surface area contributed by atoms with E-state index in [0.717, 1.165) is 11.6 Å². The molecular formula is C13H18ClFN4O2S. The largest absolute Gasteiger partial charge is 0.318 e. The van der Waals surface area contributed by atoms with Gasteiger partial charge in [-0.25, -0.2) is 22.2 Å². The van der Waals surface area contributed by atoms with Gasteiger partial charge in [-0.2, -0.15) is 5.10 Å². The number of nitrogens with zero attached hydrogens (tertiary/aromatic N) is 2. The minimum absolute atomic E-state index is 0. The Labute approximate surface area is 135 Å². The molecule has 0 radical (unpaired) electrons. The first kappa shape index (κ1) is 18.6. The first-order chi connectivity index (χ1) is 9.94. The molecule has 0 atom stereocenters. The maximum absolute atomic E-state index is 14.1. The highest BCUT2D eigenvalue weighted by Crippen LogP contribution is 2.18. The number of likely N-dealkylation sites (N-methyl/N-ethyl adjacent to an activating group) is 1. The molecule has 0 aliphatic carbocycles. The van der Waals surface area contributed by atoms with E-state index in [0.29, 0.717) is 6.54 Å². The standard InChI is InChI=1S/C13H17FN4O2S.ClH/c1-10-8-16-18(9-10)13-4-3-11(7-12(13)14)21(19,20)17-6-5-15-2;/h3-4,7-9,15,17H,5-6H2,1-2H3;1H. The second-order valence-electron chi connectivity index (χ2n) is 4.58. The molecule has 2 aromatic rings. The lowest BCUT2D eigenvalue weighted by molar-refractivity contribution is 0.574. The maximum atomic E-state index is 14.1. The van der Waals surface area contributed by atoms with Crippen molar-refractivity contribution >= 4 is 22.4 Å². The Hall–Kier alpha value is -1.48. The molecule has 0 bridgehead atoms. The summed E-state index contributed by atoms with van der Waals surface area (Å²) < 4.78 is 41.8. The van der Waals surface area contributed by atoms with E-state index in [2.05, 4.69) is 15.1 Å². The quantitative estimate of drug-likeness (QED) is 0.770. The van der Waals surface area contributed by atoms with Crippen molar-refractivity contribution in [2.45, 2.75) is 11.8 Å². The molecule has 0 spiro atoms. The van der Waals surface area contributed by atoms with Crippen molar-refractivity contribution in [3.8, 4) is 5.69 Å². The van der Waals surface area contributed by atoms with Gasteiger partial charge in [-0.1, -0.05) is 0 Å². The number of aromatic nitrogens is 2. The molecule has 2 N–H and O–H groups in total. The van der Waals surface area contributed by atoms with Crippen LogP contribution < -0.4 is 10.0 Å². The molecule has 9 heteroatoms. The van der Waals surface area contributed by atoms with E-state index in [1.807, 2.05) is 6.92 Å². The fourth-order valence-corrected chi connectivity index (χ4v) is 2.82. The predicted molar refractivity (Wildman–Crippen MR) is 84.6 cm³/mol. The number of halogens is 2. The maximum Gasteiger partial charge on any atom is 0.240 e. The normalized spacial score (nSPS) is 11.2. The number of rotatable bonds is 6. The zero-order valence-electron chi connectivity index (χ0n) is 12.2. The zero-order chi connectivity index (χ0) is 15.5. The molecule has 22 heavy (non-hydrogen) atoms. The topological polar surface area (TPSA) is 76.0 Å². The number of nitrogens with one attached hydrogen (secondary N) is 2. The molecule has 122 valence electrons. The van der Waals surface area contributed by atoms with Crippen molar-refractivity contribution in [1.29, 1.82) is 0 Å². The van der Waals surface area contributed by atoms with E-state index in [-0.39, 0.29) is 29.5 Å². The van der Waals surface area contributed by atoms with E-state index in [9.17, 15) is 12.8 Å². The summed E-state index contributed by atoms with van der Waals surface area (Å²) in [6.45, 7) is 2.57. The van der Waals surface area contributed by atoms with Crippen molar-refractivity contribution in [2.24, 2.45) is 0 Å². The molecule has 0 fully saturated rings. The monoisotopic (exact) mass is 348 g/mol. The molecule has 0 saturated heterocycles. The van der Waals surface area contributed by atoms with Crippen molar-refractivity contribution in [3.05, 3.63) is 42.0 Å². The number of hydrogen-bond donors (Lipinski definition) is 2. The molecule has 1 heterocycles. The lowest BCUT2D eigenvalue weighted by Gasteiger charge is -2.08. The first-order valence-electron chi connectivity index (χ1n) is 6.39. The van der Waals surface area contributed by atoms with Crippen LogP contribution in [0.25, 0.3) is 5.69 Å². The SMILES string of the molecule is CNCCNS(=O)(=O)c1ccc(-n2cc(C)cn2)c(F)c1.Cl. The van der Waals surface area contributed by atoms with Gasteiger partial charge in [-0.15, -0.1) is 12.4 Å². The lowest BCUT2D eigenvalue weighted by Crippen LogP contribution is -2.30. The third-order valence-electron chi connectivity index (χ3n) is 2.86. The number of aryl methyl sites for hydroxylation is 1. The third kappa shape index (κ3) is 4.26. The Kier molecular flexibility index (Phi) is 6.48. The van der Waals surface area contributed by atoms with Crippen molar-refractivity contribution in [3.63, 3.8) is 0 Å². The Bertz CT molecular complexity index is 733. The summed E-state index contributed by atoms with van der Waals surface area (Å²) in [4.78, 5) is -0.108. The van der Waals surface area contributed by atoms with Crippen LogP contribution in [0.5, 0.6) is 0 Å². The van der Waals surface area contributed by atoms with Crippen LogP contribution in [0.15, 0.2) is 35.5 Å². The van der Waals surface area contributed by atoms with E-state index in [4.69, 9.17) is 0 Å². The van der Waals surface area contributed by atoms with E-state index in [1.54, 1.807) is 19.4 Å². The molecule has 6 nitrogen and oxygen atoms in total. The Morgan fingerprint density at radius 2 is 2.05 bits per heavy atom. The van der Waals surface area contributed by atoms with Crippen LogP contribution in [0, 0.1) is 12.7 Å². The summed E-state index contributed by atoms with van der Waals surface area (Å²) in [5.41, 5.74) is 1.09. The van der Waals surface area contributed by atoms with Gasteiger partial charge in [0.1, 0.15) is 11.5 Å². The van der Waals surface area contributed by atoms with Crippen LogP contribution >= 0.6 is 12.4 Å². The minimum Gasteiger partial charge on any atom is -0.318 e. The van der Waals surface area contributed by atoms with Gasteiger partial charge in [-0.3, -0.25) is 0 Å². The van der Waals surface area contributed by atoms with Crippen LogP contribution in [0.4, 0.5) is 4.39 Å². The van der Waals surface area contributed by atoms with E-state index in [1.165, 1.54) is 16.8 Å². The third-order valence-corrected chi connectivity index (χ3v) is 4.31. The van der Waals surface area contributed by atoms with Crippen LogP contribution in [0.3, 0.4) is 0 Å². The van der Waals surface area contributed by atoms with Crippen LogP contribution in [0.2, 0.25) is 0 Å². The molecule has 2 rings (SSSR count). The van der Waals surface area contributed by atoms with Gasteiger partial charge in [0.25, 0.3) is 0 Å². The molecular weight excluding hydrogens is 331 g/mol. The average Bonchev–Trinajstić information content (AvgIpc) is 2.85. The molecule has 0 unspecified atom stereocenters. The van der Waals surface area contributed by atoms with Crippen molar-refractivity contribution < 1.29 is 12.8 Å².